The number of benzene rings is 12. The second-order valence-electron chi connectivity index (χ2n) is 19.6. The lowest BCUT2D eigenvalue weighted by Gasteiger charge is -2.34. The average Bonchev–Trinajstić information content (AvgIpc) is 4.17. The van der Waals surface area contributed by atoms with Crippen molar-refractivity contribution in [1.82, 2.24) is 0 Å². The van der Waals surface area contributed by atoms with Crippen LogP contribution in [-0.4, -0.2) is 0 Å². The monoisotopic (exact) mass is 942 g/mol. The lowest BCUT2D eigenvalue weighted by molar-refractivity contribution is 0.669. The van der Waals surface area contributed by atoms with Crippen LogP contribution in [0.15, 0.2) is 283 Å². The number of furan rings is 1. The SMILES string of the molecule is c1ccc(-c2ccc(-c3cc4ccccc4cc3N(c3ccccc3)c3ccc4c(c3)C3(c5ccccc5-4)c4ccccc4-c4ccc(N(c5ccccc5)c5cccc6oc7ccccc7c56)cc43)cc2)cc1. The number of hydrogen-bond acceptors (Lipinski definition) is 3. The number of nitrogens with zero attached hydrogens (tertiary/aromatic N) is 2. The highest BCUT2D eigenvalue weighted by atomic mass is 16.3. The molecule has 0 saturated carbocycles. The second kappa shape index (κ2) is 16.7. The van der Waals surface area contributed by atoms with E-state index < -0.39 is 5.41 Å². The van der Waals surface area contributed by atoms with Gasteiger partial charge in [-0.1, -0.05) is 200 Å². The van der Waals surface area contributed by atoms with Gasteiger partial charge in [0.05, 0.1) is 22.2 Å². The molecule has 1 heterocycles. The van der Waals surface area contributed by atoms with Crippen LogP contribution in [0, 0.1) is 0 Å². The van der Waals surface area contributed by atoms with E-state index in [9.17, 15) is 0 Å². The van der Waals surface area contributed by atoms with Gasteiger partial charge < -0.3 is 14.2 Å². The van der Waals surface area contributed by atoms with Crippen LogP contribution in [-0.2, 0) is 5.41 Å². The van der Waals surface area contributed by atoms with Gasteiger partial charge in [-0.15, -0.1) is 0 Å². The summed E-state index contributed by atoms with van der Waals surface area (Å²) in [5.41, 5.74) is 22.4. The molecule has 0 aliphatic heterocycles. The van der Waals surface area contributed by atoms with Crippen molar-refractivity contribution in [2.24, 2.45) is 0 Å². The average molecular weight is 943 g/mol. The standard InChI is InChI=1S/C71H46N2O/c1-4-19-47(20-5-1)48-35-37-49(38-36-48)61-43-50-21-10-11-22-51(50)44-67(61)73(53-25-8-3-9-26-53)55-40-42-59-57-28-13-16-31-63(57)71(65(59)46-55)62-30-15-12-27-56(62)58-41-39-54(45-64(58)71)72(52-23-6-2-7-24-52)66-32-18-34-69-70(66)60-29-14-17-33-68(60)74-69/h1-46H. The molecular weight excluding hydrogens is 897 g/mol. The van der Waals surface area contributed by atoms with E-state index in [1.807, 2.05) is 6.07 Å². The Labute approximate surface area is 430 Å². The zero-order chi connectivity index (χ0) is 48.7. The van der Waals surface area contributed by atoms with Crippen LogP contribution in [0.2, 0.25) is 0 Å². The molecule has 1 unspecified atom stereocenters. The van der Waals surface area contributed by atoms with Gasteiger partial charge in [0.2, 0.25) is 0 Å². The zero-order valence-electron chi connectivity index (χ0n) is 40.4. The molecule has 1 atom stereocenters. The largest absolute Gasteiger partial charge is 0.456 e. The molecular formula is C71H46N2O. The Hall–Kier alpha value is -9.70. The molecule has 2 aliphatic rings. The lowest BCUT2D eigenvalue weighted by atomic mass is 9.70. The minimum Gasteiger partial charge on any atom is -0.456 e. The van der Waals surface area contributed by atoms with Crippen LogP contribution in [0.3, 0.4) is 0 Å². The van der Waals surface area contributed by atoms with Crippen LogP contribution in [0.4, 0.5) is 34.1 Å². The highest BCUT2D eigenvalue weighted by molar-refractivity contribution is 6.13. The van der Waals surface area contributed by atoms with E-state index in [1.165, 1.54) is 66.4 Å². The number of anilines is 6. The molecule has 1 spiro atoms. The Morgan fingerprint density at radius 1 is 0.270 bits per heavy atom. The maximum atomic E-state index is 6.52. The molecule has 1 aromatic heterocycles. The molecule has 15 rings (SSSR count). The fourth-order valence-corrected chi connectivity index (χ4v) is 12.5. The Balaban J connectivity index is 0.973. The molecule has 0 radical (unpaired) electrons. The van der Waals surface area contributed by atoms with E-state index in [1.54, 1.807) is 0 Å². The number of fused-ring (bicyclic) bond motifs is 14. The fraction of sp³-hybridized carbons (Fsp3) is 0.0141. The van der Waals surface area contributed by atoms with Gasteiger partial charge in [-0.2, -0.15) is 0 Å². The van der Waals surface area contributed by atoms with Crippen molar-refractivity contribution in [3.8, 4) is 44.5 Å². The molecule has 0 fully saturated rings. The van der Waals surface area contributed by atoms with Gasteiger partial charge in [-0.05, 0) is 151 Å². The summed E-state index contributed by atoms with van der Waals surface area (Å²) in [6, 6.07) is 102. The van der Waals surface area contributed by atoms with Crippen LogP contribution in [0.5, 0.6) is 0 Å². The van der Waals surface area contributed by atoms with E-state index in [4.69, 9.17) is 4.42 Å². The van der Waals surface area contributed by atoms with Crippen LogP contribution in [0.1, 0.15) is 22.3 Å². The molecule has 12 aromatic carbocycles. The molecule has 346 valence electrons. The Kier molecular flexibility index (Phi) is 9.48. The second-order valence-corrected chi connectivity index (χ2v) is 19.6. The molecule has 0 saturated heterocycles. The summed E-state index contributed by atoms with van der Waals surface area (Å²) in [5, 5.41) is 4.57. The van der Waals surface area contributed by atoms with Crippen molar-refractivity contribution in [1.29, 1.82) is 0 Å². The molecule has 2 aliphatic carbocycles. The molecule has 0 N–H and O–H groups in total. The van der Waals surface area contributed by atoms with Gasteiger partial charge in [0.1, 0.15) is 11.2 Å². The number of hydrogen-bond donors (Lipinski definition) is 0. The lowest BCUT2D eigenvalue weighted by Crippen LogP contribution is -2.26. The Morgan fingerprint density at radius 3 is 1.38 bits per heavy atom. The normalized spacial score (nSPS) is 14.0. The van der Waals surface area contributed by atoms with Gasteiger partial charge in [0.25, 0.3) is 0 Å². The van der Waals surface area contributed by atoms with Crippen molar-refractivity contribution in [3.05, 3.63) is 301 Å². The van der Waals surface area contributed by atoms with E-state index in [0.717, 1.165) is 67.2 Å². The van der Waals surface area contributed by atoms with E-state index in [0.29, 0.717) is 0 Å². The Morgan fingerprint density at radius 2 is 0.743 bits per heavy atom. The third-order valence-electron chi connectivity index (χ3n) is 15.6. The topological polar surface area (TPSA) is 19.6 Å². The smallest absolute Gasteiger partial charge is 0.137 e. The summed E-state index contributed by atoms with van der Waals surface area (Å²) in [6.07, 6.45) is 0. The van der Waals surface area contributed by atoms with Gasteiger partial charge in [-0.3, -0.25) is 0 Å². The first-order chi connectivity index (χ1) is 36.7. The minimum absolute atomic E-state index is 0.636. The fourth-order valence-electron chi connectivity index (χ4n) is 12.5. The predicted molar refractivity (Wildman–Crippen MR) is 308 cm³/mol. The predicted octanol–water partition coefficient (Wildman–Crippen LogP) is 19.4. The minimum atomic E-state index is -0.636. The number of para-hydroxylation sites is 3. The number of rotatable bonds is 8. The summed E-state index contributed by atoms with van der Waals surface area (Å²) in [4.78, 5) is 4.90. The van der Waals surface area contributed by atoms with E-state index >= 15 is 0 Å². The first-order valence-corrected chi connectivity index (χ1v) is 25.5. The van der Waals surface area contributed by atoms with E-state index in [2.05, 4.69) is 283 Å². The molecule has 3 heteroatoms. The molecule has 3 nitrogen and oxygen atoms in total. The first kappa shape index (κ1) is 42.0. The summed E-state index contributed by atoms with van der Waals surface area (Å²) >= 11 is 0. The Bertz CT molecular complexity index is 4300. The van der Waals surface area contributed by atoms with Crippen molar-refractivity contribution in [2.75, 3.05) is 9.80 Å². The van der Waals surface area contributed by atoms with Crippen LogP contribution < -0.4 is 9.80 Å². The third kappa shape index (κ3) is 6.33. The highest BCUT2D eigenvalue weighted by Gasteiger charge is 2.52. The summed E-state index contributed by atoms with van der Waals surface area (Å²) in [7, 11) is 0. The van der Waals surface area contributed by atoms with Crippen molar-refractivity contribution in [3.63, 3.8) is 0 Å². The van der Waals surface area contributed by atoms with Gasteiger partial charge in [0, 0.05) is 33.7 Å². The molecule has 74 heavy (non-hydrogen) atoms. The van der Waals surface area contributed by atoms with Crippen molar-refractivity contribution >= 4 is 66.8 Å². The third-order valence-corrected chi connectivity index (χ3v) is 15.6. The van der Waals surface area contributed by atoms with Crippen LogP contribution >= 0.6 is 0 Å². The molecule has 0 amide bonds. The van der Waals surface area contributed by atoms with Gasteiger partial charge >= 0.3 is 0 Å². The summed E-state index contributed by atoms with van der Waals surface area (Å²) in [6.45, 7) is 0. The summed E-state index contributed by atoms with van der Waals surface area (Å²) < 4.78 is 6.52. The molecule has 13 aromatic rings. The zero-order valence-corrected chi connectivity index (χ0v) is 40.4. The molecule has 0 bridgehead atoms. The highest BCUT2D eigenvalue weighted by Crippen LogP contribution is 2.64. The maximum absolute atomic E-state index is 6.52. The first-order valence-electron chi connectivity index (χ1n) is 25.5. The van der Waals surface area contributed by atoms with Gasteiger partial charge in [-0.25, -0.2) is 0 Å². The summed E-state index contributed by atoms with van der Waals surface area (Å²) in [5.74, 6) is 0. The maximum Gasteiger partial charge on any atom is 0.137 e. The quantitative estimate of drug-likeness (QED) is 0.151. The van der Waals surface area contributed by atoms with Gasteiger partial charge in [0.15, 0.2) is 0 Å². The van der Waals surface area contributed by atoms with Crippen molar-refractivity contribution in [2.45, 2.75) is 5.41 Å². The van der Waals surface area contributed by atoms with Crippen LogP contribution in [0.25, 0.3) is 77.2 Å². The van der Waals surface area contributed by atoms with E-state index in [-0.39, 0.29) is 0 Å². The van der Waals surface area contributed by atoms with Crippen molar-refractivity contribution < 1.29 is 4.42 Å².